The Morgan fingerprint density at radius 3 is 2.35 bits per heavy atom. The van der Waals surface area contributed by atoms with Crippen LogP contribution < -0.4 is 19.6 Å². The summed E-state index contributed by atoms with van der Waals surface area (Å²) in [5.74, 6) is 1.03. The van der Waals surface area contributed by atoms with Gasteiger partial charge in [-0.3, -0.25) is 4.79 Å². The molecule has 34 heavy (non-hydrogen) atoms. The number of esters is 1. The second kappa shape index (κ2) is 10.0. The van der Waals surface area contributed by atoms with Gasteiger partial charge in [-0.05, 0) is 60.9 Å². The fourth-order valence-corrected chi connectivity index (χ4v) is 3.48. The summed E-state index contributed by atoms with van der Waals surface area (Å²) in [6.45, 7) is 5.68. The fourth-order valence-electron chi connectivity index (χ4n) is 3.36. The number of ether oxygens (including phenoxy) is 3. The summed E-state index contributed by atoms with van der Waals surface area (Å²) in [5.41, 5.74) is 0.933. The first-order chi connectivity index (χ1) is 16.3. The lowest BCUT2D eigenvalue weighted by atomic mass is 10.0. The van der Waals surface area contributed by atoms with E-state index in [-0.39, 0.29) is 28.4 Å². The van der Waals surface area contributed by atoms with Crippen LogP contribution in [0.1, 0.15) is 32.3 Å². The van der Waals surface area contributed by atoms with E-state index in [0.29, 0.717) is 21.9 Å². The molecule has 0 spiro atoms. The van der Waals surface area contributed by atoms with Gasteiger partial charge in [0.15, 0.2) is 6.10 Å². The van der Waals surface area contributed by atoms with Crippen molar-refractivity contribution in [2.45, 2.75) is 32.8 Å². The van der Waals surface area contributed by atoms with Crippen LogP contribution in [-0.2, 0) is 4.79 Å². The molecule has 0 aliphatic rings. The highest BCUT2D eigenvalue weighted by Crippen LogP contribution is 2.30. The molecule has 3 aromatic carbocycles. The molecule has 1 aromatic heterocycles. The molecule has 0 radical (unpaired) electrons. The summed E-state index contributed by atoms with van der Waals surface area (Å²) in [5, 5.41) is 0.878. The molecule has 0 saturated heterocycles. The Kier molecular flexibility index (Phi) is 6.89. The Bertz CT molecular complexity index is 1370. The van der Waals surface area contributed by atoms with Gasteiger partial charge >= 0.3 is 5.97 Å². The highest BCUT2D eigenvalue weighted by molar-refractivity contribution is 6.30. The van der Waals surface area contributed by atoms with Crippen molar-refractivity contribution in [1.29, 1.82) is 0 Å². The second-order valence-corrected chi connectivity index (χ2v) is 8.45. The zero-order valence-corrected chi connectivity index (χ0v) is 19.7. The molecule has 1 unspecified atom stereocenters. The molecular formula is C27H23ClO6. The lowest BCUT2D eigenvalue weighted by molar-refractivity contribution is -0.141. The van der Waals surface area contributed by atoms with Gasteiger partial charge in [-0.1, -0.05) is 43.6 Å². The number of hydrogen-bond acceptors (Lipinski definition) is 6. The smallest absolute Gasteiger partial charge is 0.352 e. The van der Waals surface area contributed by atoms with E-state index in [0.717, 1.165) is 5.56 Å². The number of carbonyl (C=O) groups is 1. The van der Waals surface area contributed by atoms with Gasteiger partial charge in [-0.2, -0.15) is 0 Å². The number of halogens is 1. The van der Waals surface area contributed by atoms with Crippen molar-refractivity contribution in [2.24, 2.45) is 0 Å². The Labute approximate surface area is 201 Å². The summed E-state index contributed by atoms with van der Waals surface area (Å²) in [7, 11) is 0. The van der Waals surface area contributed by atoms with Gasteiger partial charge in [0.2, 0.25) is 11.2 Å². The SMILES string of the molecule is CC(Oc1ccc(Cl)cc1)C(=O)Oc1ccc2c(=O)c(Oc3ccccc3C(C)C)coc2c1. The van der Waals surface area contributed by atoms with E-state index < -0.39 is 12.1 Å². The predicted molar refractivity (Wildman–Crippen MR) is 130 cm³/mol. The minimum atomic E-state index is -0.860. The molecule has 7 heteroatoms. The van der Waals surface area contributed by atoms with Gasteiger partial charge in [0, 0.05) is 11.1 Å². The number of carbonyl (C=O) groups excluding carboxylic acids is 1. The molecule has 0 aliphatic heterocycles. The van der Waals surface area contributed by atoms with Gasteiger partial charge in [0.05, 0.1) is 5.39 Å². The molecule has 0 amide bonds. The lowest BCUT2D eigenvalue weighted by Gasteiger charge is -2.14. The number of benzene rings is 3. The van der Waals surface area contributed by atoms with Crippen LogP contribution in [0.3, 0.4) is 0 Å². The van der Waals surface area contributed by atoms with Gasteiger partial charge in [0.25, 0.3) is 0 Å². The van der Waals surface area contributed by atoms with Crippen LogP contribution in [0.15, 0.2) is 82.2 Å². The first kappa shape index (κ1) is 23.4. The van der Waals surface area contributed by atoms with Crippen molar-refractivity contribution >= 4 is 28.5 Å². The third-order valence-corrected chi connectivity index (χ3v) is 5.40. The van der Waals surface area contributed by atoms with Crippen LogP contribution in [0, 0.1) is 0 Å². The monoisotopic (exact) mass is 478 g/mol. The van der Waals surface area contributed by atoms with E-state index in [1.165, 1.54) is 24.5 Å². The average molecular weight is 479 g/mol. The minimum absolute atomic E-state index is 0.0790. The van der Waals surface area contributed by atoms with Gasteiger partial charge in [-0.15, -0.1) is 0 Å². The maximum Gasteiger partial charge on any atom is 0.352 e. The Morgan fingerprint density at radius 1 is 0.912 bits per heavy atom. The topological polar surface area (TPSA) is 75.0 Å². The van der Waals surface area contributed by atoms with E-state index in [1.54, 1.807) is 31.2 Å². The van der Waals surface area contributed by atoms with Crippen LogP contribution >= 0.6 is 11.6 Å². The van der Waals surface area contributed by atoms with Crippen molar-refractivity contribution in [3.63, 3.8) is 0 Å². The average Bonchev–Trinajstić information content (AvgIpc) is 2.82. The quantitative estimate of drug-likeness (QED) is 0.216. The molecule has 174 valence electrons. The third kappa shape index (κ3) is 5.24. The number of fused-ring (bicyclic) bond motifs is 1. The summed E-state index contributed by atoms with van der Waals surface area (Å²) in [4.78, 5) is 25.4. The van der Waals surface area contributed by atoms with Gasteiger partial charge < -0.3 is 18.6 Å². The van der Waals surface area contributed by atoms with Crippen LogP contribution in [0.4, 0.5) is 0 Å². The first-order valence-corrected chi connectivity index (χ1v) is 11.2. The fraction of sp³-hybridized carbons (Fsp3) is 0.185. The van der Waals surface area contributed by atoms with Gasteiger partial charge in [-0.25, -0.2) is 4.79 Å². The van der Waals surface area contributed by atoms with Crippen LogP contribution in [0.5, 0.6) is 23.0 Å². The van der Waals surface area contributed by atoms with Crippen molar-refractivity contribution in [3.05, 3.63) is 93.8 Å². The van der Waals surface area contributed by atoms with E-state index in [4.69, 9.17) is 30.2 Å². The molecular weight excluding hydrogens is 456 g/mol. The minimum Gasteiger partial charge on any atom is -0.479 e. The summed E-state index contributed by atoms with van der Waals surface area (Å²) in [6, 6.07) is 18.8. The van der Waals surface area contributed by atoms with Crippen LogP contribution in [-0.4, -0.2) is 12.1 Å². The van der Waals surface area contributed by atoms with Crippen molar-refractivity contribution < 1.29 is 23.4 Å². The standard InChI is InChI=1S/C27H23ClO6/c1-16(2)21-6-4-5-7-23(21)34-25-15-31-24-14-20(12-13-22(24)26(25)29)33-27(30)17(3)32-19-10-8-18(28)9-11-19/h4-17H,1-3H3. The maximum absolute atomic E-state index is 13.0. The normalized spacial score (nSPS) is 11.9. The highest BCUT2D eigenvalue weighted by Gasteiger charge is 2.19. The predicted octanol–water partition coefficient (Wildman–Crippen LogP) is 6.74. The van der Waals surface area contributed by atoms with Gasteiger partial charge in [0.1, 0.15) is 29.1 Å². The molecule has 4 aromatic rings. The lowest BCUT2D eigenvalue weighted by Crippen LogP contribution is -2.28. The van der Waals surface area contributed by atoms with Crippen molar-refractivity contribution in [3.8, 4) is 23.0 Å². The molecule has 0 saturated carbocycles. The molecule has 1 atom stereocenters. The summed E-state index contributed by atoms with van der Waals surface area (Å²) in [6.07, 6.45) is 0.403. The first-order valence-electron chi connectivity index (χ1n) is 10.8. The van der Waals surface area contributed by atoms with E-state index in [9.17, 15) is 9.59 Å². The van der Waals surface area contributed by atoms with E-state index in [2.05, 4.69) is 13.8 Å². The largest absolute Gasteiger partial charge is 0.479 e. The summed E-state index contributed by atoms with van der Waals surface area (Å²) >= 11 is 5.86. The number of hydrogen-bond donors (Lipinski definition) is 0. The molecule has 1 heterocycles. The molecule has 0 fully saturated rings. The van der Waals surface area contributed by atoms with Crippen molar-refractivity contribution in [1.82, 2.24) is 0 Å². The van der Waals surface area contributed by atoms with Crippen LogP contribution in [0.2, 0.25) is 5.02 Å². The zero-order valence-electron chi connectivity index (χ0n) is 18.9. The molecule has 4 rings (SSSR count). The molecule has 0 bridgehead atoms. The molecule has 6 nitrogen and oxygen atoms in total. The van der Waals surface area contributed by atoms with E-state index in [1.807, 2.05) is 24.3 Å². The molecule has 0 aliphatic carbocycles. The van der Waals surface area contributed by atoms with Crippen LogP contribution in [0.25, 0.3) is 11.0 Å². The third-order valence-electron chi connectivity index (χ3n) is 5.15. The number of para-hydroxylation sites is 1. The maximum atomic E-state index is 13.0. The van der Waals surface area contributed by atoms with E-state index >= 15 is 0 Å². The highest BCUT2D eigenvalue weighted by atomic mass is 35.5. The Morgan fingerprint density at radius 2 is 1.62 bits per heavy atom. The Balaban J connectivity index is 1.51. The zero-order chi connectivity index (χ0) is 24.2. The molecule has 0 N–H and O–H groups in total. The number of rotatable bonds is 7. The Hall–Kier alpha value is -3.77. The van der Waals surface area contributed by atoms with Crippen molar-refractivity contribution in [2.75, 3.05) is 0 Å². The second-order valence-electron chi connectivity index (χ2n) is 8.02. The summed E-state index contributed by atoms with van der Waals surface area (Å²) < 4.78 is 22.5.